The molecule has 1 heterocycles. The Balaban J connectivity index is 2.49. The molecule has 0 radical (unpaired) electrons. The topological polar surface area (TPSA) is 14.2 Å². The molecular formula is C12H14ClNO. The number of rotatable bonds is 3. The third-order valence-corrected chi connectivity index (χ3v) is 2.92. The third kappa shape index (κ3) is 1.87. The van der Waals surface area contributed by atoms with Gasteiger partial charge in [-0.1, -0.05) is 17.7 Å². The maximum atomic E-state index is 6.12. The van der Waals surface area contributed by atoms with Gasteiger partial charge >= 0.3 is 0 Å². The van der Waals surface area contributed by atoms with Crippen molar-refractivity contribution in [1.82, 2.24) is 4.57 Å². The first-order valence-corrected chi connectivity index (χ1v) is 5.42. The number of aryl methyl sites for hydroxylation is 1. The van der Waals surface area contributed by atoms with Gasteiger partial charge in [0.1, 0.15) is 0 Å². The van der Waals surface area contributed by atoms with Crippen LogP contribution < -0.4 is 0 Å². The van der Waals surface area contributed by atoms with Gasteiger partial charge in [-0.25, -0.2) is 0 Å². The van der Waals surface area contributed by atoms with Crippen LogP contribution in [0.2, 0.25) is 5.02 Å². The predicted octanol–water partition coefficient (Wildman–Crippen LogP) is 3.37. The number of ether oxygens (including phenoxy) is 1. The lowest BCUT2D eigenvalue weighted by Crippen LogP contribution is -1.98. The Morgan fingerprint density at radius 3 is 2.87 bits per heavy atom. The van der Waals surface area contributed by atoms with E-state index in [1.807, 2.05) is 26.1 Å². The Kier molecular flexibility index (Phi) is 2.98. The minimum Gasteiger partial charge on any atom is -0.376 e. The predicted molar refractivity (Wildman–Crippen MR) is 63.3 cm³/mol. The van der Waals surface area contributed by atoms with Crippen LogP contribution >= 0.6 is 11.6 Å². The van der Waals surface area contributed by atoms with Crippen LogP contribution in [-0.4, -0.2) is 11.2 Å². The molecule has 2 nitrogen and oxygen atoms in total. The molecule has 0 aliphatic carbocycles. The van der Waals surface area contributed by atoms with Crippen LogP contribution in [0.3, 0.4) is 0 Å². The first-order valence-electron chi connectivity index (χ1n) is 5.04. The van der Waals surface area contributed by atoms with E-state index in [1.165, 1.54) is 0 Å². The highest BCUT2D eigenvalue weighted by Crippen LogP contribution is 2.26. The molecule has 3 heteroatoms. The van der Waals surface area contributed by atoms with Gasteiger partial charge in [0.2, 0.25) is 0 Å². The van der Waals surface area contributed by atoms with Gasteiger partial charge in [-0.05, 0) is 25.1 Å². The maximum Gasteiger partial charge on any atom is 0.0867 e. The van der Waals surface area contributed by atoms with E-state index >= 15 is 0 Å². The van der Waals surface area contributed by atoms with Crippen LogP contribution in [0, 0.1) is 0 Å². The van der Waals surface area contributed by atoms with E-state index in [4.69, 9.17) is 16.3 Å². The summed E-state index contributed by atoms with van der Waals surface area (Å²) in [5.74, 6) is 0. The van der Waals surface area contributed by atoms with Gasteiger partial charge in [-0.2, -0.15) is 0 Å². The van der Waals surface area contributed by atoms with E-state index < -0.39 is 0 Å². The van der Waals surface area contributed by atoms with Crippen LogP contribution in [-0.2, 0) is 18.4 Å². The molecule has 15 heavy (non-hydrogen) atoms. The fourth-order valence-corrected chi connectivity index (χ4v) is 1.95. The molecule has 0 N–H and O–H groups in total. The molecule has 0 saturated carbocycles. The number of nitrogens with zero attached hydrogens (tertiary/aromatic N) is 1. The lowest BCUT2D eigenvalue weighted by molar-refractivity contribution is 0.129. The fourth-order valence-electron chi connectivity index (χ4n) is 1.72. The van der Waals surface area contributed by atoms with Crippen molar-refractivity contribution in [3.05, 3.63) is 35.0 Å². The van der Waals surface area contributed by atoms with Crippen molar-refractivity contribution in [1.29, 1.82) is 0 Å². The van der Waals surface area contributed by atoms with Crippen molar-refractivity contribution < 1.29 is 4.74 Å². The largest absolute Gasteiger partial charge is 0.376 e. The van der Waals surface area contributed by atoms with E-state index in [0.717, 1.165) is 28.2 Å². The van der Waals surface area contributed by atoms with E-state index in [1.54, 1.807) is 0 Å². The molecule has 2 aromatic rings. The summed E-state index contributed by atoms with van der Waals surface area (Å²) in [6.07, 6.45) is 0. The molecule has 0 amide bonds. The Hall–Kier alpha value is -0.990. The number of fused-ring (bicyclic) bond motifs is 1. The van der Waals surface area contributed by atoms with Gasteiger partial charge in [0.25, 0.3) is 0 Å². The molecule has 0 aliphatic heterocycles. The standard InChI is InChI=1S/C12H14ClNO/c1-3-15-8-9-7-10-11(13)5-4-6-12(10)14(9)2/h4-7H,3,8H2,1-2H3. The highest BCUT2D eigenvalue weighted by molar-refractivity contribution is 6.35. The molecule has 0 bridgehead atoms. The Morgan fingerprint density at radius 1 is 1.40 bits per heavy atom. The molecule has 0 aliphatic rings. The molecule has 1 aromatic carbocycles. The first kappa shape index (κ1) is 10.5. The average Bonchev–Trinajstić information content (AvgIpc) is 2.55. The SMILES string of the molecule is CCOCc1cc2c(Cl)cccc2n1C. The molecule has 0 unspecified atom stereocenters. The normalized spacial score (nSPS) is 11.1. The lowest BCUT2D eigenvalue weighted by Gasteiger charge is -2.03. The summed E-state index contributed by atoms with van der Waals surface area (Å²) >= 11 is 6.12. The summed E-state index contributed by atoms with van der Waals surface area (Å²) in [6.45, 7) is 3.36. The molecule has 1 aromatic heterocycles. The summed E-state index contributed by atoms with van der Waals surface area (Å²) < 4.78 is 7.53. The molecule has 2 rings (SSSR count). The van der Waals surface area contributed by atoms with Crippen molar-refractivity contribution in [3.8, 4) is 0 Å². The van der Waals surface area contributed by atoms with Crippen LogP contribution in [0.4, 0.5) is 0 Å². The van der Waals surface area contributed by atoms with E-state index in [0.29, 0.717) is 6.61 Å². The van der Waals surface area contributed by atoms with Gasteiger partial charge in [-0.3, -0.25) is 0 Å². The van der Waals surface area contributed by atoms with Gasteiger partial charge in [0.15, 0.2) is 0 Å². The smallest absolute Gasteiger partial charge is 0.0867 e. The summed E-state index contributed by atoms with van der Waals surface area (Å²) in [5, 5.41) is 1.89. The number of hydrogen-bond donors (Lipinski definition) is 0. The van der Waals surface area contributed by atoms with Crippen molar-refractivity contribution in [2.45, 2.75) is 13.5 Å². The average molecular weight is 224 g/mol. The van der Waals surface area contributed by atoms with Gasteiger partial charge in [0, 0.05) is 35.3 Å². The second-order valence-electron chi connectivity index (χ2n) is 3.50. The number of halogens is 1. The molecule has 0 spiro atoms. The van der Waals surface area contributed by atoms with Crippen LogP contribution in [0.15, 0.2) is 24.3 Å². The summed E-state index contributed by atoms with van der Waals surface area (Å²) in [7, 11) is 2.03. The molecule has 0 fully saturated rings. The lowest BCUT2D eigenvalue weighted by atomic mass is 10.2. The maximum absolute atomic E-state index is 6.12. The summed E-state index contributed by atoms with van der Waals surface area (Å²) in [4.78, 5) is 0. The van der Waals surface area contributed by atoms with Crippen molar-refractivity contribution >= 4 is 22.5 Å². The first-order chi connectivity index (χ1) is 7.24. The molecule has 80 valence electrons. The number of aromatic nitrogens is 1. The van der Waals surface area contributed by atoms with Crippen LogP contribution in [0.25, 0.3) is 10.9 Å². The minimum atomic E-state index is 0.637. The molecule has 0 atom stereocenters. The molecular weight excluding hydrogens is 210 g/mol. The second kappa shape index (κ2) is 4.25. The van der Waals surface area contributed by atoms with E-state index in [2.05, 4.69) is 16.7 Å². The summed E-state index contributed by atoms with van der Waals surface area (Å²) in [5.41, 5.74) is 2.30. The van der Waals surface area contributed by atoms with Crippen molar-refractivity contribution in [2.75, 3.05) is 6.61 Å². The van der Waals surface area contributed by atoms with Crippen molar-refractivity contribution in [3.63, 3.8) is 0 Å². The minimum absolute atomic E-state index is 0.637. The Morgan fingerprint density at radius 2 is 2.20 bits per heavy atom. The monoisotopic (exact) mass is 223 g/mol. The Labute approximate surface area is 94.4 Å². The van der Waals surface area contributed by atoms with Crippen LogP contribution in [0.5, 0.6) is 0 Å². The third-order valence-electron chi connectivity index (χ3n) is 2.59. The van der Waals surface area contributed by atoms with E-state index in [-0.39, 0.29) is 0 Å². The summed E-state index contributed by atoms with van der Waals surface area (Å²) in [6, 6.07) is 8.04. The quantitative estimate of drug-likeness (QED) is 0.778. The van der Waals surface area contributed by atoms with Gasteiger partial charge in [0.05, 0.1) is 6.61 Å². The van der Waals surface area contributed by atoms with Crippen LogP contribution in [0.1, 0.15) is 12.6 Å². The van der Waals surface area contributed by atoms with E-state index in [9.17, 15) is 0 Å². The highest BCUT2D eigenvalue weighted by atomic mass is 35.5. The van der Waals surface area contributed by atoms with Gasteiger partial charge < -0.3 is 9.30 Å². The number of benzene rings is 1. The van der Waals surface area contributed by atoms with Gasteiger partial charge in [-0.15, -0.1) is 0 Å². The number of hydrogen-bond acceptors (Lipinski definition) is 1. The van der Waals surface area contributed by atoms with Crippen molar-refractivity contribution in [2.24, 2.45) is 7.05 Å². The fraction of sp³-hybridized carbons (Fsp3) is 0.333. The highest BCUT2D eigenvalue weighted by Gasteiger charge is 2.07. The zero-order valence-corrected chi connectivity index (χ0v) is 9.71. The zero-order chi connectivity index (χ0) is 10.8. The zero-order valence-electron chi connectivity index (χ0n) is 8.96. The molecule has 0 saturated heterocycles. The second-order valence-corrected chi connectivity index (χ2v) is 3.91. The Bertz CT molecular complexity index is 476.